The number of hydrogen-bond donors (Lipinski definition) is 0. The Balaban J connectivity index is 1.32. The van der Waals surface area contributed by atoms with Gasteiger partial charge in [0, 0.05) is 32.0 Å². The van der Waals surface area contributed by atoms with Gasteiger partial charge in [-0.15, -0.1) is 0 Å². The van der Waals surface area contributed by atoms with Crippen LogP contribution in [0, 0.1) is 5.92 Å². The van der Waals surface area contributed by atoms with Crippen LogP contribution in [0.25, 0.3) is 0 Å². The summed E-state index contributed by atoms with van der Waals surface area (Å²) in [6, 6.07) is 8.03. The Morgan fingerprint density at radius 2 is 1.79 bits per heavy atom. The third-order valence-electron chi connectivity index (χ3n) is 6.09. The van der Waals surface area contributed by atoms with Crippen LogP contribution in [0.1, 0.15) is 37.3 Å². The van der Waals surface area contributed by atoms with Gasteiger partial charge in [0.05, 0.1) is 12.0 Å². The van der Waals surface area contributed by atoms with E-state index in [9.17, 15) is 4.79 Å². The average Bonchev–Trinajstić information content (AvgIpc) is 3.29. The number of ether oxygens (including phenoxy) is 2. The molecule has 152 valence electrons. The fourth-order valence-electron chi connectivity index (χ4n) is 4.69. The molecule has 0 aliphatic carbocycles. The first-order valence-electron chi connectivity index (χ1n) is 10.5. The molecule has 0 spiro atoms. The Morgan fingerprint density at radius 1 is 1.00 bits per heavy atom. The summed E-state index contributed by atoms with van der Waals surface area (Å²) in [4.78, 5) is 26.4. The summed E-state index contributed by atoms with van der Waals surface area (Å²) in [5.41, 5.74) is 1.14. The second kappa shape index (κ2) is 7.89. The minimum Gasteiger partial charge on any atom is -0.486 e. The molecule has 1 amide bonds. The molecule has 2 atom stereocenters. The van der Waals surface area contributed by atoms with Gasteiger partial charge in [-0.3, -0.25) is 4.79 Å². The molecule has 1 aromatic heterocycles. The van der Waals surface area contributed by atoms with Crippen molar-refractivity contribution in [1.29, 1.82) is 0 Å². The molecule has 5 rings (SSSR count). The van der Waals surface area contributed by atoms with E-state index < -0.39 is 0 Å². The van der Waals surface area contributed by atoms with Crippen molar-refractivity contribution in [2.45, 2.75) is 31.7 Å². The van der Waals surface area contributed by atoms with Crippen LogP contribution < -0.4 is 14.4 Å². The van der Waals surface area contributed by atoms with Crippen LogP contribution in [-0.4, -0.2) is 53.6 Å². The first-order chi connectivity index (χ1) is 14.3. The van der Waals surface area contributed by atoms with Crippen LogP contribution in [-0.2, 0) is 4.79 Å². The highest BCUT2D eigenvalue weighted by molar-refractivity contribution is 5.80. The molecule has 2 unspecified atom stereocenters. The number of nitrogens with zero attached hydrogens (tertiary/aromatic N) is 4. The zero-order valence-electron chi connectivity index (χ0n) is 16.5. The summed E-state index contributed by atoms with van der Waals surface area (Å²) in [6.07, 6.45) is 7.44. The monoisotopic (exact) mass is 394 g/mol. The minimum absolute atomic E-state index is 0.00892. The number of rotatable bonds is 3. The zero-order valence-corrected chi connectivity index (χ0v) is 16.5. The van der Waals surface area contributed by atoms with Gasteiger partial charge < -0.3 is 19.3 Å². The number of likely N-dealkylation sites (tertiary alicyclic amines) is 1. The summed E-state index contributed by atoms with van der Waals surface area (Å²) in [7, 11) is 0. The Labute approximate surface area is 170 Å². The smallest absolute Gasteiger partial charge is 0.227 e. The van der Waals surface area contributed by atoms with E-state index in [0.29, 0.717) is 19.8 Å². The summed E-state index contributed by atoms with van der Waals surface area (Å²) in [6.45, 7) is 3.57. The molecule has 0 saturated carbocycles. The largest absolute Gasteiger partial charge is 0.486 e. The lowest BCUT2D eigenvalue weighted by Crippen LogP contribution is -2.45. The molecule has 4 heterocycles. The van der Waals surface area contributed by atoms with Gasteiger partial charge in [0.15, 0.2) is 11.5 Å². The van der Waals surface area contributed by atoms with E-state index >= 15 is 0 Å². The predicted octanol–water partition coefficient (Wildman–Crippen LogP) is 2.83. The van der Waals surface area contributed by atoms with Crippen molar-refractivity contribution in [2.24, 2.45) is 5.92 Å². The van der Waals surface area contributed by atoms with Crippen molar-refractivity contribution < 1.29 is 14.3 Å². The molecule has 2 aromatic rings. The fraction of sp³-hybridized carbons (Fsp3) is 0.500. The Kier molecular flexibility index (Phi) is 4.96. The maximum Gasteiger partial charge on any atom is 0.227 e. The summed E-state index contributed by atoms with van der Waals surface area (Å²) in [5.74, 6) is 2.54. The minimum atomic E-state index is -0.00892. The number of piperidine rings is 1. The third kappa shape index (κ3) is 3.61. The Hall–Kier alpha value is -2.83. The lowest BCUT2D eigenvalue weighted by atomic mass is 9.95. The molecule has 1 aromatic carbocycles. The summed E-state index contributed by atoms with van der Waals surface area (Å²) in [5, 5.41) is 0. The molecule has 29 heavy (non-hydrogen) atoms. The Morgan fingerprint density at radius 3 is 2.66 bits per heavy atom. The fourth-order valence-corrected chi connectivity index (χ4v) is 4.69. The standard InChI is InChI=1S/C22H26N4O3/c27-21(17-4-1-10-25(15-17)22-23-8-3-9-24-22)26-11-2-5-18(26)16-6-7-19-20(14-16)29-13-12-28-19/h3,6-9,14,17-18H,1-2,4-5,10-13,15H2. The number of aromatic nitrogens is 2. The van der Waals surface area contributed by atoms with E-state index in [1.54, 1.807) is 12.4 Å². The molecule has 2 saturated heterocycles. The van der Waals surface area contributed by atoms with Gasteiger partial charge in [0.1, 0.15) is 13.2 Å². The van der Waals surface area contributed by atoms with Gasteiger partial charge in [-0.05, 0) is 49.4 Å². The van der Waals surface area contributed by atoms with Crippen LogP contribution in [0.2, 0.25) is 0 Å². The summed E-state index contributed by atoms with van der Waals surface area (Å²) >= 11 is 0. The van der Waals surface area contributed by atoms with E-state index in [1.165, 1.54) is 0 Å². The number of benzene rings is 1. The maximum atomic E-state index is 13.5. The topological polar surface area (TPSA) is 67.8 Å². The molecule has 3 aliphatic rings. The third-order valence-corrected chi connectivity index (χ3v) is 6.09. The molecule has 0 N–H and O–H groups in total. The normalized spacial score (nSPS) is 23.9. The molecule has 0 radical (unpaired) electrons. The number of anilines is 1. The molecule has 7 heteroatoms. The van der Waals surface area contributed by atoms with Crippen molar-refractivity contribution in [2.75, 3.05) is 37.7 Å². The van der Waals surface area contributed by atoms with Crippen molar-refractivity contribution in [1.82, 2.24) is 14.9 Å². The van der Waals surface area contributed by atoms with E-state index in [1.807, 2.05) is 12.1 Å². The van der Waals surface area contributed by atoms with Gasteiger partial charge in [-0.25, -0.2) is 9.97 Å². The number of hydrogen-bond acceptors (Lipinski definition) is 6. The molecule has 0 bridgehead atoms. The number of carbonyl (C=O) groups excluding carboxylic acids is 1. The molecule has 2 fully saturated rings. The van der Waals surface area contributed by atoms with Crippen molar-refractivity contribution >= 4 is 11.9 Å². The van der Waals surface area contributed by atoms with Crippen LogP contribution in [0.5, 0.6) is 11.5 Å². The quantitative estimate of drug-likeness (QED) is 0.798. The van der Waals surface area contributed by atoms with E-state index in [-0.39, 0.29) is 17.9 Å². The van der Waals surface area contributed by atoms with Crippen LogP contribution in [0.4, 0.5) is 5.95 Å². The highest BCUT2D eigenvalue weighted by Gasteiger charge is 2.36. The van der Waals surface area contributed by atoms with Crippen LogP contribution in [0.15, 0.2) is 36.7 Å². The Bertz CT molecular complexity index is 876. The van der Waals surface area contributed by atoms with Gasteiger partial charge in [-0.2, -0.15) is 0 Å². The molecule has 7 nitrogen and oxygen atoms in total. The van der Waals surface area contributed by atoms with Gasteiger partial charge in [0.25, 0.3) is 0 Å². The average molecular weight is 394 g/mol. The van der Waals surface area contributed by atoms with Crippen molar-refractivity contribution in [3.05, 3.63) is 42.2 Å². The van der Waals surface area contributed by atoms with Gasteiger partial charge in [-0.1, -0.05) is 6.07 Å². The molecular formula is C22H26N4O3. The van der Waals surface area contributed by atoms with Crippen LogP contribution >= 0.6 is 0 Å². The maximum absolute atomic E-state index is 13.5. The first-order valence-corrected chi connectivity index (χ1v) is 10.5. The van der Waals surface area contributed by atoms with E-state index in [0.717, 1.165) is 61.8 Å². The molecular weight excluding hydrogens is 368 g/mol. The zero-order chi connectivity index (χ0) is 19.6. The van der Waals surface area contributed by atoms with Gasteiger partial charge in [0.2, 0.25) is 11.9 Å². The number of amides is 1. The first kappa shape index (κ1) is 18.2. The molecule has 3 aliphatic heterocycles. The second-order valence-electron chi connectivity index (χ2n) is 7.93. The number of carbonyl (C=O) groups is 1. The lowest BCUT2D eigenvalue weighted by Gasteiger charge is -2.35. The van der Waals surface area contributed by atoms with Crippen molar-refractivity contribution in [3.63, 3.8) is 0 Å². The van der Waals surface area contributed by atoms with Crippen LogP contribution in [0.3, 0.4) is 0 Å². The van der Waals surface area contributed by atoms with Crippen molar-refractivity contribution in [3.8, 4) is 11.5 Å². The van der Waals surface area contributed by atoms with E-state index in [4.69, 9.17) is 9.47 Å². The predicted molar refractivity (Wildman–Crippen MR) is 108 cm³/mol. The highest BCUT2D eigenvalue weighted by Crippen LogP contribution is 2.39. The van der Waals surface area contributed by atoms with E-state index in [2.05, 4.69) is 31.9 Å². The number of fused-ring (bicyclic) bond motifs is 1. The second-order valence-corrected chi connectivity index (χ2v) is 7.93. The lowest BCUT2D eigenvalue weighted by molar-refractivity contribution is -0.136. The summed E-state index contributed by atoms with van der Waals surface area (Å²) < 4.78 is 11.4. The van der Waals surface area contributed by atoms with Gasteiger partial charge >= 0.3 is 0 Å². The highest BCUT2D eigenvalue weighted by atomic mass is 16.6. The SMILES string of the molecule is O=C(C1CCCN(c2ncccn2)C1)N1CCCC1c1ccc2c(c1)OCCO2.